The molecule has 1 unspecified atom stereocenters. The first-order valence-corrected chi connectivity index (χ1v) is 6.56. The third-order valence-corrected chi connectivity index (χ3v) is 2.85. The second-order valence-corrected chi connectivity index (χ2v) is 5.13. The fourth-order valence-corrected chi connectivity index (χ4v) is 1.90. The Labute approximate surface area is 110 Å². The van der Waals surface area contributed by atoms with E-state index in [1.54, 1.807) is 7.11 Å². The number of rotatable bonds is 8. The molecule has 0 aromatic heterocycles. The average Bonchev–Trinajstić information content (AvgIpc) is 2.35. The second kappa shape index (κ2) is 8.25. The lowest BCUT2D eigenvalue weighted by molar-refractivity contribution is 0.128. The molecule has 0 aliphatic rings. The molecule has 3 heteroatoms. The molecule has 1 aromatic carbocycles. The molecule has 0 aliphatic carbocycles. The van der Waals surface area contributed by atoms with Crippen LogP contribution in [-0.2, 0) is 17.7 Å². The van der Waals surface area contributed by atoms with Gasteiger partial charge < -0.3 is 15.2 Å². The summed E-state index contributed by atoms with van der Waals surface area (Å²) in [6.45, 7) is 5.84. The first kappa shape index (κ1) is 15.2. The molecule has 3 nitrogen and oxygen atoms in total. The van der Waals surface area contributed by atoms with Gasteiger partial charge in [0.05, 0.1) is 19.3 Å². The molecule has 0 fully saturated rings. The van der Waals surface area contributed by atoms with Gasteiger partial charge in [-0.3, -0.25) is 0 Å². The fraction of sp³-hybridized carbons (Fsp3) is 0.600. The standard InChI is InChI=1S/C15H25NO2/c1-12(2)8-13-4-6-14(7-5-13)9-16-15(10-17)11-18-3/h4-7,12,15-17H,8-11H2,1-3H3. The zero-order valence-electron chi connectivity index (χ0n) is 11.6. The third kappa shape index (κ3) is 5.63. The van der Waals surface area contributed by atoms with Crippen LogP contribution in [0.5, 0.6) is 0 Å². The molecular weight excluding hydrogens is 226 g/mol. The van der Waals surface area contributed by atoms with E-state index in [1.165, 1.54) is 11.1 Å². The lowest BCUT2D eigenvalue weighted by Gasteiger charge is -2.15. The Kier molecular flexibility index (Phi) is 6.94. The Morgan fingerprint density at radius 1 is 1.17 bits per heavy atom. The molecule has 0 aliphatic heterocycles. The molecular formula is C15H25NO2. The lowest BCUT2D eigenvalue weighted by Crippen LogP contribution is -2.35. The lowest BCUT2D eigenvalue weighted by atomic mass is 10.0. The third-order valence-electron chi connectivity index (χ3n) is 2.85. The van der Waals surface area contributed by atoms with Gasteiger partial charge in [0.25, 0.3) is 0 Å². The van der Waals surface area contributed by atoms with Crippen LogP contribution in [-0.4, -0.2) is 31.5 Å². The zero-order chi connectivity index (χ0) is 13.4. The predicted molar refractivity (Wildman–Crippen MR) is 74.6 cm³/mol. The molecule has 0 spiro atoms. The number of ether oxygens (including phenoxy) is 1. The Balaban J connectivity index is 2.43. The summed E-state index contributed by atoms with van der Waals surface area (Å²) in [5.41, 5.74) is 2.61. The van der Waals surface area contributed by atoms with E-state index >= 15 is 0 Å². The minimum atomic E-state index is 0.00494. The van der Waals surface area contributed by atoms with Crippen LogP contribution in [0.2, 0.25) is 0 Å². The summed E-state index contributed by atoms with van der Waals surface area (Å²) in [6.07, 6.45) is 1.12. The van der Waals surface area contributed by atoms with Crippen LogP contribution in [0.15, 0.2) is 24.3 Å². The van der Waals surface area contributed by atoms with E-state index in [9.17, 15) is 0 Å². The highest BCUT2D eigenvalue weighted by Crippen LogP contribution is 2.09. The van der Waals surface area contributed by atoms with Crippen molar-refractivity contribution in [3.63, 3.8) is 0 Å². The van der Waals surface area contributed by atoms with E-state index in [4.69, 9.17) is 9.84 Å². The van der Waals surface area contributed by atoms with E-state index in [1.807, 2.05) is 0 Å². The van der Waals surface area contributed by atoms with E-state index < -0.39 is 0 Å². The van der Waals surface area contributed by atoms with Gasteiger partial charge in [0.1, 0.15) is 0 Å². The number of aliphatic hydroxyl groups is 1. The van der Waals surface area contributed by atoms with Crippen LogP contribution in [0.4, 0.5) is 0 Å². The minimum absolute atomic E-state index is 0.00494. The van der Waals surface area contributed by atoms with Gasteiger partial charge in [-0.15, -0.1) is 0 Å². The summed E-state index contributed by atoms with van der Waals surface area (Å²) in [5, 5.41) is 12.4. The average molecular weight is 251 g/mol. The number of aliphatic hydroxyl groups excluding tert-OH is 1. The topological polar surface area (TPSA) is 41.5 Å². The highest BCUT2D eigenvalue weighted by Gasteiger charge is 2.05. The summed E-state index contributed by atoms with van der Waals surface area (Å²) in [4.78, 5) is 0. The quantitative estimate of drug-likeness (QED) is 0.742. The molecule has 18 heavy (non-hydrogen) atoms. The number of benzene rings is 1. The number of hydrogen-bond acceptors (Lipinski definition) is 3. The normalized spacial score (nSPS) is 12.9. The van der Waals surface area contributed by atoms with Crippen molar-refractivity contribution >= 4 is 0 Å². The Morgan fingerprint density at radius 3 is 2.28 bits per heavy atom. The van der Waals surface area contributed by atoms with Gasteiger partial charge in [0.2, 0.25) is 0 Å². The molecule has 102 valence electrons. The summed E-state index contributed by atoms with van der Waals surface area (Å²) in [6, 6.07) is 8.66. The maximum Gasteiger partial charge on any atom is 0.0638 e. The Morgan fingerprint density at radius 2 is 1.78 bits per heavy atom. The molecule has 2 N–H and O–H groups in total. The summed E-state index contributed by atoms with van der Waals surface area (Å²) in [7, 11) is 1.64. The van der Waals surface area contributed by atoms with Crippen molar-refractivity contribution in [2.24, 2.45) is 5.92 Å². The van der Waals surface area contributed by atoms with Crippen LogP contribution in [0.3, 0.4) is 0 Å². The van der Waals surface area contributed by atoms with Crippen molar-refractivity contribution in [2.45, 2.75) is 32.9 Å². The van der Waals surface area contributed by atoms with Crippen molar-refractivity contribution in [3.05, 3.63) is 35.4 Å². The van der Waals surface area contributed by atoms with Gasteiger partial charge in [-0.25, -0.2) is 0 Å². The number of methoxy groups -OCH3 is 1. The minimum Gasteiger partial charge on any atom is -0.395 e. The van der Waals surface area contributed by atoms with Gasteiger partial charge in [0.15, 0.2) is 0 Å². The van der Waals surface area contributed by atoms with Gasteiger partial charge in [0, 0.05) is 13.7 Å². The van der Waals surface area contributed by atoms with Gasteiger partial charge in [-0.05, 0) is 23.5 Å². The largest absolute Gasteiger partial charge is 0.395 e. The fourth-order valence-electron chi connectivity index (χ4n) is 1.90. The summed E-state index contributed by atoms with van der Waals surface area (Å²) in [5.74, 6) is 0.689. The molecule has 0 heterocycles. The van der Waals surface area contributed by atoms with Gasteiger partial charge in [-0.1, -0.05) is 38.1 Å². The van der Waals surface area contributed by atoms with Crippen molar-refractivity contribution in [3.8, 4) is 0 Å². The molecule has 0 saturated heterocycles. The van der Waals surface area contributed by atoms with E-state index in [-0.39, 0.29) is 12.6 Å². The van der Waals surface area contributed by atoms with Crippen molar-refractivity contribution in [1.29, 1.82) is 0 Å². The Hall–Kier alpha value is -0.900. The number of nitrogens with one attached hydrogen (secondary N) is 1. The van der Waals surface area contributed by atoms with Crippen LogP contribution >= 0.6 is 0 Å². The number of hydrogen-bond donors (Lipinski definition) is 2. The van der Waals surface area contributed by atoms with Crippen molar-refractivity contribution in [2.75, 3.05) is 20.3 Å². The smallest absolute Gasteiger partial charge is 0.0638 e. The summed E-state index contributed by atoms with van der Waals surface area (Å²) < 4.78 is 5.02. The molecule has 0 bridgehead atoms. The maximum atomic E-state index is 9.14. The van der Waals surface area contributed by atoms with Crippen LogP contribution in [0.25, 0.3) is 0 Å². The van der Waals surface area contributed by atoms with Crippen molar-refractivity contribution in [1.82, 2.24) is 5.32 Å². The monoisotopic (exact) mass is 251 g/mol. The van der Waals surface area contributed by atoms with Crippen molar-refractivity contribution < 1.29 is 9.84 Å². The maximum absolute atomic E-state index is 9.14. The predicted octanol–water partition coefficient (Wildman–Crippen LogP) is 1.98. The molecule has 0 amide bonds. The zero-order valence-corrected chi connectivity index (χ0v) is 11.6. The van der Waals surface area contributed by atoms with E-state index in [0.717, 1.165) is 13.0 Å². The first-order chi connectivity index (χ1) is 8.65. The Bertz CT molecular complexity index is 322. The molecule has 0 saturated carbocycles. The van der Waals surface area contributed by atoms with Crippen LogP contribution < -0.4 is 5.32 Å². The molecule has 1 rings (SSSR count). The van der Waals surface area contributed by atoms with Crippen LogP contribution in [0.1, 0.15) is 25.0 Å². The van der Waals surface area contributed by atoms with Gasteiger partial charge in [-0.2, -0.15) is 0 Å². The molecule has 1 atom stereocenters. The molecule has 0 radical (unpaired) electrons. The summed E-state index contributed by atoms with van der Waals surface area (Å²) >= 11 is 0. The van der Waals surface area contributed by atoms with Gasteiger partial charge >= 0.3 is 0 Å². The van der Waals surface area contributed by atoms with E-state index in [0.29, 0.717) is 12.5 Å². The van der Waals surface area contributed by atoms with Crippen LogP contribution in [0, 0.1) is 5.92 Å². The second-order valence-electron chi connectivity index (χ2n) is 5.13. The highest BCUT2D eigenvalue weighted by molar-refractivity contribution is 5.22. The SMILES string of the molecule is COCC(CO)NCc1ccc(CC(C)C)cc1. The molecule has 1 aromatic rings. The highest BCUT2D eigenvalue weighted by atomic mass is 16.5. The first-order valence-electron chi connectivity index (χ1n) is 6.56. The van der Waals surface area contributed by atoms with E-state index in [2.05, 4.69) is 43.4 Å².